The summed E-state index contributed by atoms with van der Waals surface area (Å²) < 4.78 is 5.26. The summed E-state index contributed by atoms with van der Waals surface area (Å²) in [6, 6.07) is 20.7. The number of rotatable bonds is 7. The van der Waals surface area contributed by atoms with Crippen LogP contribution in [0.15, 0.2) is 60.7 Å². The van der Waals surface area contributed by atoms with Gasteiger partial charge in [0.1, 0.15) is 0 Å². The summed E-state index contributed by atoms with van der Waals surface area (Å²) in [7, 11) is 1.73. The van der Waals surface area contributed by atoms with Crippen LogP contribution in [0.3, 0.4) is 0 Å². The molecule has 0 spiro atoms. The number of amides is 1. The second-order valence-electron chi connectivity index (χ2n) is 7.43. The fourth-order valence-electron chi connectivity index (χ4n) is 3.91. The van der Waals surface area contributed by atoms with E-state index in [-0.39, 0.29) is 17.9 Å². The largest absolute Gasteiger partial charge is 0.383 e. The first-order chi connectivity index (χ1) is 13.2. The molecule has 2 aromatic carbocycles. The average molecular weight is 367 g/mol. The third-order valence-corrected chi connectivity index (χ3v) is 5.44. The number of likely N-dealkylation sites (tertiary alicyclic amines) is 1. The normalized spacial score (nSPS) is 21.6. The maximum absolute atomic E-state index is 13.0. The van der Waals surface area contributed by atoms with Crippen LogP contribution in [-0.2, 0) is 9.53 Å². The van der Waals surface area contributed by atoms with Crippen LogP contribution < -0.4 is 5.32 Å². The Balaban J connectivity index is 1.69. The maximum Gasteiger partial charge on any atom is 0.224 e. The number of carbonyl (C=O) groups is 1. The molecule has 2 aromatic rings. The molecule has 1 amide bonds. The van der Waals surface area contributed by atoms with Gasteiger partial charge in [0.15, 0.2) is 0 Å². The minimum atomic E-state index is -0.00743. The Morgan fingerprint density at radius 1 is 1.11 bits per heavy atom. The molecule has 1 heterocycles. The monoisotopic (exact) mass is 366 g/mol. The number of carbonyl (C=O) groups excluding carboxylic acids is 1. The highest BCUT2D eigenvalue weighted by molar-refractivity contribution is 5.79. The van der Waals surface area contributed by atoms with Crippen molar-refractivity contribution in [3.05, 3.63) is 71.8 Å². The zero-order valence-corrected chi connectivity index (χ0v) is 16.3. The van der Waals surface area contributed by atoms with Crippen molar-refractivity contribution in [2.75, 3.05) is 33.4 Å². The summed E-state index contributed by atoms with van der Waals surface area (Å²) in [6.07, 6.45) is 0.890. The van der Waals surface area contributed by atoms with E-state index in [4.69, 9.17) is 4.74 Å². The van der Waals surface area contributed by atoms with E-state index in [1.54, 1.807) is 7.11 Å². The molecule has 0 aromatic heterocycles. The molecule has 144 valence electrons. The van der Waals surface area contributed by atoms with Gasteiger partial charge in [-0.3, -0.25) is 9.69 Å². The van der Waals surface area contributed by atoms with Crippen LogP contribution >= 0.6 is 0 Å². The molecule has 27 heavy (non-hydrogen) atoms. The van der Waals surface area contributed by atoms with E-state index < -0.39 is 0 Å². The van der Waals surface area contributed by atoms with Crippen LogP contribution in [-0.4, -0.2) is 44.2 Å². The van der Waals surface area contributed by atoms with Crippen LogP contribution in [0.2, 0.25) is 0 Å². The highest BCUT2D eigenvalue weighted by Crippen LogP contribution is 2.30. The third-order valence-electron chi connectivity index (χ3n) is 5.44. The highest BCUT2D eigenvalue weighted by atomic mass is 16.5. The minimum absolute atomic E-state index is 0.00743. The van der Waals surface area contributed by atoms with Crippen molar-refractivity contribution in [1.82, 2.24) is 10.2 Å². The smallest absolute Gasteiger partial charge is 0.224 e. The molecule has 0 bridgehead atoms. The first kappa shape index (κ1) is 19.6. The lowest BCUT2D eigenvalue weighted by atomic mass is 9.84. The Bertz CT molecular complexity index is 705. The van der Waals surface area contributed by atoms with Crippen LogP contribution in [0, 0.1) is 5.92 Å². The lowest BCUT2D eigenvalue weighted by Crippen LogP contribution is -2.47. The van der Waals surface area contributed by atoms with Gasteiger partial charge in [-0.25, -0.2) is 0 Å². The topological polar surface area (TPSA) is 41.6 Å². The van der Waals surface area contributed by atoms with E-state index in [1.165, 1.54) is 5.56 Å². The fourth-order valence-corrected chi connectivity index (χ4v) is 3.91. The molecular weight excluding hydrogens is 336 g/mol. The molecule has 1 saturated heterocycles. The van der Waals surface area contributed by atoms with Gasteiger partial charge >= 0.3 is 0 Å². The van der Waals surface area contributed by atoms with Gasteiger partial charge in [0.2, 0.25) is 5.91 Å². The average Bonchev–Trinajstić information content (AvgIpc) is 2.73. The van der Waals surface area contributed by atoms with Crippen molar-refractivity contribution in [1.29, 1.82) is 0 Å². The van der Waals surface area contributed by atoms with Gasteiger partial charge in [0.25, 0.3) is 0 Å². The molecule has 1 aliphatic rings. The van der Waals surface area contributed by atoms with Crippen molar-refractivity contribution in [3.63, 3.8) is 0 Å². The molecule has 4 nitrogen and oxygen atoms in total. The fraction of sp³-hybridized carbons (Fsp3) is 0.435. The number of benzene rings is 2. The van der Waals surface area contributed by atoms with Crippen molar-refractivity contribution < 1.29 is 9.53 Å². The van der Waals surface area contributed by atoms with Crippen LogP contribution in [0.4, 0.5) is 0 Å². The molecule has 1 N–H and O–H groups in total. The summed E-state index contributed by atoms with van der Waals surface area (Å²) in [5.41, 5.74) is 2.45. The zero-order chi connectivity index (χ0) is 19.1. The number of hydrogen-bond donors (Lipinski definition) is 1. The molecule has 3 unspecified atom stereocenters. The van der Waals surface area contributed by atoms with E-state index in [1.807, 2.05) is 31.2 Å². The molecular formula is C23H30N2O2. The van der Waals surface area contributed by atoms with Crippen molar-refractivity contribution >= 4 is 5.91 Å². The predicted molar refractivity (Wildman–Crippen MR) is 109 cm³/mol. The van der Waals surface area contributed by atoms with Gasteiger partial charge < -0.3 is 10.1 Å². The van der Waals surface area contributed by atoms with Crippen LogP contribution in [0.1, 0.15) is 36.4 Å². The van der Waals surface area contributed by atoms with Crippen molar-refractivity contribution in [2.24, 2.45) is 5.92 Å². The lowest BCUT2D eigenvalue weighted by Gasteiger charge is -2.37. The summed E-state index contributed by atoms with van der Waals surface area (Å²) in [4.78, 5) is 15.4. The Morgan fingerprint density at radius 2 is 1.78 bits per heavy atom. The molecule has 4 heteroatoms. The summed E-state index contributed by atoms with van der Waals surface area (Å²) in [5, 5.41) is 3.22. The first-order valence-electron chi connectivity index (χ1n) is 9.79. The van der Waals surface area contributed by atoms with E-state index in [9.17, 15) is 4.79 Å². The van der Waals surface area contributed by atoms with E-state index >= 15 is 0 Å². The first-order valence-corrected chi connectivity index (χ1v) is 9.79. The molecule has 3 atom stereocenters. The predicted octanol–water partition coefficient (Wildman–Crippen LogP) is 3.62. The maximum atomic E-state index is 13.0. The number of hydrogen-bond acceptors (Lipinski definition) is 3. The molecule has 3 rings (SSSR count). The second-order valence-corrected chi connectivity index (χ2v) is 7.43. The number of piperidine rings is 1. The molecule has 0 saturated carbocycles. The Morgan fingerprint density at radius 3 is 2.44 bits per heavy atom. The van der Waals surface area contributed by atoms with Crippen molar-refractivity contribution in [2.45, 2.75) is 25.3 Å². The Labute approximate surface area is 162 Å². The van der Waals surface area contributed by atoms with Gasteiger partial charge in [-0.2, -0.15) is 0 Å². The molecule has 0 radical (unpaired) electrons. The minimum Gasteiger partial charge on any atom is -0.383 e. The Hall–Kier alpha value is -2.17. The van der Waals surface area contributed by atoms with Gasteiger partial charge in [-0.05, 0) is 30.4 Å². The standard InChI is InChI=1S/C23H30N2O2/c1-18(19-9-5-3-6-10-19)24-23(26)22-15-21(20-11-7-4-8-12-20)16-25(17-22)13-14-27-2/h3-12,18,21-22H,13-17H2,1-2H3,(H,24,26). The van der Waals surface area contributed by atoms with Gasteiger partial charge in [-0.1, -0.05) is 60.7 Å². The third kappa shape index (κ3) is 5.41. The summed E-state index contributed by atoms with van der Waals surface area (Å²) >= 11 is 0. The Kier molecular flexibility index (Phi) is 7.02. The van der Waals surface area contributed by atoms with E-state index in [0.29, 0.717) is 12.5 Å². The number of nitrogens with one attached hydrogen (secondary N) is 1. The number of nitrogens with zero attached hydrogens (tertiary/aromatic N) is 1. The van der Waals surface area contributed by atoms with E-state index in [0.717, 1.165) is 31.6 Å². The SMILES string of the molecule is COCCN1CC(C(=O)NC(C)c2ccccc2)CC(c2ccccc2)C1. The second kappa shape index (κ2) is 9.67. The van der Waals surface area contributed by atoms with Crippen molar-refractivity contribution in [3.8, 4) is 0 Å². The molecule has 1 fully saturated rings. The quantitative estimate of drug-likeness (QED) is 0.814. The van der Waals surface area contributed by atoms with Gasteiger partial charge in [0.05, 0.1) is 18.6 Å². The summed E-state index contributed by atoms with van der Waals surface area (Å²) in [6.45, 7) is 5.37. The van der Waals surface area contributed by atoms with Gasteiger partial charge in [0, 0.05) is 26.7 Å². The lowest BCUT2D eigenvalue weighted by molar-refractivity contribution is -0.127. The number of methoxy groups -OCH3 is 1. The van der Waals surface area contributed by atoms with Crippen LogP contribution in [0.5, 0.6) is 0 Å². The zero-order valence-electron chi connectivity index (χ0n) is 16.3. The van der Waals surface area contributed by atoms with Crippen LogP contribution in [0.25, 0.3) is 0 Å². The number of ether oxygens (including phenoxy) is 1. The summed E-state index contributed by atoms with van der Waals surface area (Å²) in [5.74, 6) is 0.515. The molecule has 1 aliphatic heterocycles. The van der Waals surface area contributed by atoms with E-state index in [2.05, 4.69) is 46.6 Å². The highest BCUT2D eigenvalue weighted by Gasteiger charge is 2.32. The molecule has 0 aliphatic carbocycles. The van der Waals surface area contributed by atoms with Gasteiger partial charge in [-0.15, -0.1) is 0 Å².